The number of benzene rings is 2. The maximum atomic E-state index is 14.2. The van der Waals surface area contributed by atoms with E-state index in [4.69, 9.17) is 4.74 Å². The van der Waals surface area contributed by atoms with Gasteiger partial charge in [0.05, 0.1) is 5.92 Å². The lowest BCUT2D eigenvalue weighted by molar-refractivity contribution is -0.142. The van der Waals surface area contributed by atoms with Crippen LogP contribution in [0.4, 0.5) is 4.39 Å². The van der Waals surface area contributed by atoms with Gasteiger partial charge >= 0.3 is 5.97 Å². The average molecular weight is 447 g/mol. The van der Waals surface area contributed by atoms with Crippen LogP contribution >= 0.6 is 0 Å². The minimum Gasteiger partial charge on any atom is -0.482 e. The second-order valence-corrected chi connectivity index (χ2v) is 9.32. The van der Waals surface area contributed by atoms with Gasteiger partial charge in [-0.1, -0.05) is 30.7 Å². The van der Waals surface area contributed by atoms with Gasteiger partial charge in [-0.3, -0.25) is 4.79 Å². The lowest BCUT2D eigenvalue weighted by Gasteiger charge is -2.28. The van der Waals surface area contributed by atoms with Gasteiger partial charge < -0.3 is 9.84 Å². The Morgan fingerprint density at radius 1 is 1.12 bits per heavy atom. The summed E-state index contributed by atoms with van der Waals surface area (Å²) in [5.74, 6) is 0.274. The van der Waals surface area contributed by atoms with E-state index in [2.05, 4.69) is 22.1 Å². The zero-order valence-corrected chi connectivity index (χ0v) is 18.8. The van der Waals surface area contributed by atoms with Crippen LogP contribution in [0.3, 0.4) is 0 Å². The molecule has 0 bridgehead atoms. The van der Waals surface area contributed by atoms with Crippen LogP contribution in [0.15, 0.2) is 48.8 Å². The minimum absolute atomic E-state index is 0.00321. The van der Waals surface area contributed by atoms with Crippen molar-refractivity contribution in [2.75, 3.05) is 0 Å². The molecule has 2 aromatic carbocycles. The van der Waals surface area contributed by atoms with Gasteiger partial charge in [0.2, 0.25) is 0 Å². The summed E-state index contributed by atoms with van der Waals surface area (Å²) in [6.07, 6.45) is 6.73. The Morgan fingerprint density at radius 3 is 2.58 bits per heavy atom. The topological polar surface area (TPSA) is 72.3 Å². The third kappa shape index (κ3) is 4.34. The molecule has 1 saturated carbocycles. The maximum Gasteiger partial charge on any atom is 0.306 e. The fourth-order valence-corrected chi connectivity index (χ4v) is 4.86. The monoisotopic (exact) mass is 446 g/mol. The summed E-state index contributed by atoms with van der Waals surface area (Å²) >= 11 is 0. The molecule has 3 atom stereocenters. The van der Waals surface area contributed by atoms with Crippen molar-refractivity contribution in [1.82, 2.24) is 9.97 Å². The molecule has 1 N–H and O–H groups in total. The number of ether oxygens (including phenoxy) is 1. The Labute approximate surface area is 192 Å². The first-order chi connectivity index (χ1) is 15.9. The van der Waals surface area contributed by atoms with Gasteiger partial charge in [0, 0.05) is 23.5 Å². The molecule has 0 saturated heterocycles. The number of carboxylic acid groups (broad SMARTS) is 1. The van der Waals surface area contributed by atoms with Gasteiger partial charge in [-0.2, -0.15) is 0 Å². The van der Waals surface area contributed by atoms with E-state index in [1.807, 2.05) is 13.0 Å². The van der Waals surface area contributed by atoms with Crippen molar-refractivity contribution in [3.8, 4) is 16.9 Å². The van der Waals surface area contributed by atoms with E-state index < -0.39 is 11.9 Å². The van der Waals surface area contributed by atoms with Gasteiger partial charge in [0.1, 0.15) is 11.6 Å². The number of fused-ring (bicyclic) bond motifs is 1. The highest BCUT2D eigenvalue weighted by Gasteiger charge is 2.39. The number of carboxylic acids is 1. The van der Waals surface area contributed by atoms with Crippen molar-refractivity contribution in [3.63, 3.8) is 0 Å². The lowest BCUT2D eigenvalue weighted by atomic mass is 9.82. The zero-order valence-electron chi connectivity index (χ0n) is 18.8. The van der Waals surface area contributed by atoms with Crippen LogP contribution in [0.25, 0.3) is 11.1 Å². The second kappa shape index (κ2) is 8.58. The Kier molecular flexibility index (Phi) is 5.60. The van der Waals surface area contributed by atoms with Crippen LogP contribution in [0, 0.1) is 24.6 Å². The average Bonchev–Trinajstić information content (AvgIpc) is 3.65. The summed E-state index contributed by atoms with van der Waals surface area (Å²) in [7, 11) is 0. The zero-order chi connectivity index (χ0) is 23.1. The molecule has 2 heterocycles. The standard InChI is InChI=1S/C27H27FN2O3/c1-15-3-9-22(28)21(11-15)20-13-29-26(30-14-20)23-10-8-17-4-7-19(12-24(17)33-23)25(18-5-6-18)16(2)27(31)32/h3-4,7,9,11-14,16,18,23,25H,5-6,8,10H2,1-2H3,(H,31,32)/t16?,23?,25-/m0/s1. The van der Waals surface area contributed by atoms with Crippen molar-refractivity contribution in [3.05, 3.63) is 77.1 Å². The highest BCUT2D eigenvalue weighted by molar-refractivity contribution is 5.71. The van der Waals surface area contributed by atoms with Crippen LogP contribution in [-0.2, 0) is 11.2 Å². The summed E-state index contributed by atoms with van der Waals surface area (Å²) in [6.45, 7) is 3.71. The normalized spacial score (nSPS) is 19.3. The Balaban J connectivity index is 1.38. The predicted molar refractivity (Wildman–Crippen MR) is 123 cm³/mol. The fraction of sp³-hybridized carbons (Fsp3) is 0.370. The summed E-state index contributed by atoms with van der Waals surface area (Å²) in [5.41, 5.74) is 4.23. The van der Waals surface area contributed by atoms with Crippen molar-refractivity contribution in [2.24, 2.45) is 11.8 Å². The molecule has 5 rings (SSSR count). The molecule has 3 aromatic rings. The Morgan fingerprint density at radius 2 is 1.88 bits per heavy atom. The highest BCUT2D eigenvalue weighted by atomic mass is 19.1. The summed E-state index contributed by atoms with van der Waals surface area (Å²) < 4.78 is 20.5. The van der Waals surface area contributed by atoms with Crippen molar-refractivity contribution in [1.29, 1.82) is 0 Å². The van der Waals surface area contributed by atoms with Crippen LogP contribution in [0.5, 0.6) is 5.75 Å². The van der Waals surface area contributed by atoms with Gasteiger partial charge in [0.25, 0.3) is 0 Å². The molecule has 0 amide bonds. The summed E-state index contributed by atoms with van der Waals surface area (Å²) in [5, 5.41) is 9.59. The number of aryl methyl sites for hydroxylation is 2. The van der Waals surface area contributed by atoms with Crippen LogP contribution < -0.4 is 4.74 Å². The first kappa shape index (κ1) is 21.6. The molecule has 33 heavy (non-hydrogen) atoms. The van der Waals surface area contributed by atoms with E-state index in [9.17, 15) is 14.3 Å². The quantitative estimate of drug-likeness (QED) is 0.513. The number of nitrogens with zero attached hydrogens (tertiary/aromatic N) is 2. The Hall–Kier alpha value is -3.28. The predicted octanol–water partition coefficient (Wildman–Crippen LogP) is 5.87. The summed E-state index contributed by atoms with van der Waals surface area (Å²) in [4.78, 5) is 20.6. The first-order valence-electron chi connectivity index (χ1n) is 11.5. The number of aliphatic carboxylic acids is 1. The third-order valence-electron chi connectivity index (χ3n) is 6.87. The number of hydrogen-bond acceptors (Lipinski definition) is 4. The van der Waals surface area contributed by atoms with Gasteiger partial charge in [-0.15, -0.1) is 0 Å². The molecule has 2 aliphatic rings. The molecule has 1 fully saturated rings. The van der Waals surface area contributed by atoms with Gasteiger partial charge in [-0.25, -0.2) is 14.4 Å². The highest BCUT2D eigenvalue weighted by Crippen LogP contribution is 2.48. The number of halogens is 1. The van der Waals surface area contributed by atoms with E-state index in [1.165, 1.54) is 6.07 Å². The molecule has 1 aromatic heterocycles. The second-order valence-electron chi connectivity index (χ2n) is 9.32. The molecule has 5 nitrogen and oxygen atoms in total. The molecule has 1 aliphatic heterocycles. The van der Waals surface area contributed by atoms with Crippen molar-refractivity contribution >= 4 is 5.97 Å². The number of rotatable bonds is 6. The number of aromatic nitrogens is 2. The number of carbonyl (C=O) groups is 1. The van der Waals surface area contributed by atoms with E-state index in [0.717, 1.165) is 48.1 Å². The SMILES string of the molecule is Cc1ccc(F)c(-c2cnc(C3CCc4ccc([C@H](C5CC5)C(C)C(=O)O)cc4O3)nc2)c1. The molecule has 2 unspecified atom stereocenters. The Bertz CT molecular complexity index is 1190. The van der Waals surface area contributed by atoms with Crippen molar-refractivity contribution in [2.45, 2.75) is 51.6 Å². The maximum absolute atomic E-state index is 14.2. The molecule has 0 spiro atoms. The minimum atomic E-state index is -0.762. The fourth-order valence-electron chi connectivity index (χ4n) is 4.86. The smallest absolute Gasteiger partial charge is 0.306 e. The molecule has 0 radical (unpaired) electrons. The van der Waals surface area contributed by atoms with Crippen LogP contribution in [0.1, 0.15) is 60.7 Å². The number of hydrogen-bond donors (Lipinski definition) is 1. The first-order valence-corrected chi connectivity index (χ1v) is 11.5. The molecule has 6 heteroatoms. The third-order valence-corrected chi connectivity index (χ3v) is 6.87. The molecular weight excluding hydrogens is 419 g/mol. The summed E-state index contributed by atoms with van der Waals surface area (Å²) in [6, 6.07) is 11.1. The lowest BCUT2D eigenvalue weighted by Crippen LogP contribution is -2.22. The molecule has 1 aliphatic carbocycles. The van der Waals surface area contributed by atoms with Crippen LogP contribution in [-0.4, -0.2) is 21.0 Å². The largest absolute Gasteiger partial charge is 0.482 e. The molecular formula is C27H27FN2O3. The van der Waals surface area contributed by atoms with Gasteiger partial charge in [0.15, 0.2) is 11.9 Å². The van der Waals surface area contributed by atoms with E-state index in [-0.39, 0.29) is 17.8 Å². The van der Waals surface area contributed by atoms with Gasteiger partial charge in [-0.05, 0) is 73.8 Å². The van der Waals surface area contributed by atoms with Crippen LogP contribution in [0.2, 0.25) is 0 Å². The van der Waals surface area contributed by atoms with E-state index >= 15 is 0 Å². The van der Waals surface area contributed by atoms with E-state index in [1.54, 1.807) is 31.5 Å². The van der Waals surface area contributed by atoms with Crippen molar-refractivity contribution < 1.29 is 19.0 Å². The molecule has 170 valence electrons. The van der Waals surface area contributed by atoms with E-state index in [0.29, 0.717) is 22.9 Å².